The van der Waals surface area contributed by atoms with E-state index in [0.29, 0.717) is 25.5 Å². The van der Waals surface area contributed by atoms with Crippen LogP contribution in [0.1, 0.15) is 55.3 Å². The van der Waals surface area contributed by atoms with Crippen molar-refractivity contribution in [2.24, 2.45) is 0 Å². The maximum Gasteiger partial charge on any atom is 0.254 e. The van der Waals surface area contributed by atoms with E-state index in [9.17, 15) is 18.4 Å². The SMILES string of the molecule is O=C(CCCNC(=O)c1ccc(F)cc1F)NCCC1=CCCCC1. The van der Waals surface area contributed by atoms with Gasteiger partial charge in [0, 0.05) is 25.6 Å². The average Bonchev–Trinajstić information content (AvgIpc) is 2.59. The fourth-order valence-corrected chi connectivity index (χ4v) is 2.80. The third-order valence-corrected chi connectivity index (χ3v) is 4.20. The number of hydrogen-bond acceptors (Lipinski definition) is 2. The van der Waals surface area contributed by atoms with Crippen LogP contribution in [0.2, 0.25) is 0 Å². The molecule has 1 aromatic carbocycles. The lowest BCUT2D eigenvalue weighted by Gasteiger charge is -2.13. The Hall–Kier alpha value is -2.24. The Morgan fingerprint density at radius 3 is 2.64 bits per heavy atom. The number of nitrogens with one attached hydrogen (secondary N) is 2. The minimum Gasteiger partial charge on any atom is -0.356 e. The van der Waals surface area contributed by atoms with Crippen molar-refractivity contribution in [1.29, 1.82) is 0 Å². The molecule has 0 saturated carbocycles. The van der Waals surface area contributed by atoms with Crippen LogP contribution >= 0.6 is 0 Å². The fraction of sp³-hybridized carbons (Fsp3) is 0.474. The summed E-state index contributed by atoms with van der Waals surface area (Å²) in [4.78, 5) is 23.5. The van der Waals surface area contributed by atoms with Crippen LogP contribution in [0.15, 0.2) is 29.8 Å². The Balaban J connectivity index is 1.59. The smallest absolute Gasteiger partial charge is 0.254 e. The third-order valence-electron chi connectivity index (χ3n) is 4.20. The monoisotopic (exact) mass is 350 g/mol. The molecule has 6 heteroatoms. The van der Waals surface area contributed by atoms with Crippen molar-refractivity contribution in [3.8, 4) is 0 Å². The molecule has 136 valence electrons. The molecule has 0 aromatic heterocycles. The van der Waals surface area contributed by atoms with Gasteiger partial charge < -0.3 is 10.6 Å². The van der Waals surface area contributed by atoms with E-state index in [2.05, 4.69) is 16.7 Å². The van der Waals surface area contributed by atoms with Crippen molar-refractivity contribution in [2.45, 2.75) is 44.9 Å². The van der Waals surface area contributed by atoms with Crippen LogP contribution in [0.3, 0.4) is 0 Å². The summed E-state index contributed by atoms with van der Waals surface area (Å²) in [6, 6.07) is 2.81. The number of amides is 2. The van der Waals surface area contributed by atoms with Crippen molar-refractivity contribution >= 4 is 11.8 Å². The van der Waals surface area contributed by atoms with Gasteiger partial charge in [-0.1, -0.05) is 11.6 Å². The van der Waals surface area contributed by atoms with Gasteiger partial charge in [0.1, 0.15) is 11.6 Å². The summed E-state index contributed by atoms with van der Waals surface area (Å²) < 4.78 is 26.3. The molecule has 2 rings (SSSR count). The first-order valence-electron chi connectivity index (χ1n) is 8.74. The summed E-state index contributed by atoms with van der Waals surface area (Å²) in [7, 11) is 0. The molecule has 1 aromatic rings. The summed E-state index contributed by atoms with van der Waals surface area (Å²) in [5.41, 5.74) is 1.21. The Labute approximate surface area is 146 Å². The molecule has 0 fully saturated rings. The van der Waals surface area contributed by atoms with Crippen LogP contribution < -0.4 is 10.6 Å². The van der Waals surface area contributed by atoms with E-state index in [0.717, 1.165) is 31.4 Å². The maximum absolute atomic E-state index is 13.5. The summed E-state index contributed by atoms with van der Waals surface area (Å²) in [5.74, 6) is -2.29. The van der Waals surface area contributed by atoms with Crippen molar-refractivity contribution in [3.63, 3.8) is 0 Å². The van der Waals surface area contributed by atoms with Crippen molar-refractivity contribution in [3.05, 3.63) is 47.0 Å². The lowest BCUT2D eigenvalue weighted by molar-refractivity contribution is -0.121. The zero-order valence-electron chi connectivity index (χ0n) is 14.2. The Kier molecular flexibility index (Phi) is 7.57. The highest BCUT2D eigenvalue weighted by Crippen LogP contribution is 2.19. The van der Waals surface area contributed by atoms with Gasteiger partial charge in [0.05, 0.1) is 5.56 Å². The van der Waals surface area contributed by atoms with Crippen LogP contribution in [0.25, 0.3) is 0 Å². The van der Waals surface area contributed by atoms with Crippen LogP contribution in [0, 0.1) is 11.6 Å². The van der Waals surface area contributed by atoms with Crippen molar-refractivity contribution in [2.75, 3.05) is 13.1 Å². The molecule has 0 spiro atoms. The molecule has 4 nitrogen and oxygen atoms in total. The zero-order valence-corrected chi connectivity index (χ0v) is 14.2. The lowest BCUT2D eigenvalue weighted by atomic mass is 9.97. The first-order valence-corrected chi connectivity index (χ1v) is 8.74. The molecule has 0 saturated heterocycles. The third kappa shape index (κ3) is 6.64. The highest BCUT2D eigenvalue weighted by molar-refractivity contribution is 5.94. The molecule has 2 N–H and O–H groups in total. The predicted octanol–water partition coefficient (Wildman–Crippen LogP) is 3.48. The van der Waals surface area contributed by atoms with E-state index in [-0.39, 0.29) is 18.0 Å². The van der Waals surface area contributed by atoms with Gasteiger partial charge >= 0.3 is 0 Å². The van der Waals surface area contributed by atoms with Gasteiger partial charge in [-0.3, -0.25) is 9.59 Å². The fourth-order valence-electron chi connectivity index (χ4n) is 2.80. The minimum atomic E-state index is -0.896. The molecular formula is C19H24F2N2O2. The van der Waals surface area contributed by atoms with E-state index in [1.807, 2.05) is 0 Å². The van der Waals surface area contributed by atoms with Crippen molar-refractivity contribution < 1.29 is 18.4 Å². The highest BCUT2D eigenvalue weighted by atomic mass is 19.1. The van der Waals surface area contributed by atoms with Gasteiger partial charge in [-0.25, -0.2) is 8.78 Å². The first kappa shape index (κ1) is 19.1. The van der Waals surface area contributed by atoms with Crippen LogP contribution in [-0.4, -0.2) is 24.9 Å². The molecule has 0 aliphatic heterocycles. The average molecular weight is 350 g/mol. The number of benzene rings is 1. The first-order chi connectivity index (χ1) is 12.1. The minimum absolute atomic E-state index is 0.0568. The van der Waals surface area contributed by atoms with Crippen LogP contribution in [0.4, 0.5) is 8.78 Å². The van der Waals surface area contributed by atoms with Crippen molar-refractivity contribution in [1.82, 2.24) is 10.6 Å². The quantitative estimate of drug-likeness (QED) is 0.557. The standard InChI is InChI=1S/C19H24F2N2O2/c20-15-8-9-16(17(21)13-15)19(25)23-11-4-7-18(24)22-12-10-14-5-2-1-3-6-14/h5,8-9,13H,1-4,6-7,10-12H2,(H,22,24)(H,23,25). The molecule has 0 unspecified atom stereocenters. The van der Waals surface area contributed by atoms with Gasteiger partial charge in [-0.15, -0.1) is 0 Å². The normalized spacial score (nSPS) is 13.9. The predicted molar refractivity (Wildman–Crippen MR) is 92.1 cm³/mol. The molecule has 0 bridgehead atoms. The molecule has 0 radical (unpaired) electrons. The van der Waals surface area contributed by atoms with Gasteiger partial charge in [-0.2, -0.15) is 0 Å². The molecular weight excluding hydrogens is 326 g/mol. The van der Waals surface area contributed by atoms with Gasteiger partial charge in [0.2, 0.25) is 5.91 Å². The van der Waals surface area contributed by atoms with Gasteiger partial charge in [0.25, 0.3) is 5.91 Å². The van der Waals surface area contributed by atoms with E-state index in [1.165, 1.54) is 18.4 Å². The van der Waals surface area contributed by atoms with Gasteiger partial charge in [0.15, 0.2) is 0 Å². The highest BCUT2D eigenvalue weighted by Gasteiger charge is 2.12. The molecule has 1 aliphatic rings. The summed E-state index contributed by atoms with van der Waals surface area (Å²) in [6.45, 7) is 0.895. The number of rotatable bonds is 8. The van der Waals surface area contributed by atoms with E-state index >= 15 is 0 Å². The topological polar surface area (TPSA) is 58.2 Å². The molecule has 2 amide bonds. The Morgan fingerprint density at radius 2 is 1.92 bits per heavy atom. The molecule has 25 heavy (non-hydrogen) atoms. The molecule has 1 aliphatic carbocycles. The van der Waals surface area contributed by atoms with Crippen LogP contribution in [0.5, 0.6) is 0 Å². The van der Waals surface area contributed by atoms with Gasteiger partial charge in [-0.05, 0) is 50.7 Å². The summed E-state index contributed by atoms with van der Waals surface area (Å²) >= 11 is 0. The van der Waals surface area contributed by atoms with E-state index < -0.39 is 17.5 Å². The zero-order chi connectivity index (χ0) is 18.1. The second-order valence-electron chi connectivity index (χ2n) is 6.19. The lowest BCUT2D eigenvalue weighted by Crippen LogP contribution is -2.28. The molecule has 0 heterocycles. The molecule has 0 atom stereocenters. The number of hydrogen-bond donors (Lipinski definition) is 2. The van der Waals surface area contributed by atoms with E-state index in [4.69, 9.17) is 0 Å². The Morgan fingerprint density at radius 1 is 1.08 bits per heavy atom. The second kappa shape index (κ2) is 9.91. The number of allylic oxidation sites excluding steroid dienone is 1. The van der Waals surface area contributed by atoms with Crippen LogP contribution in [-0.2, 0) is 4.79 Å². The number of carbonyl (C=O) groups excluding carboxylic acids is 2. The summed E-state index contributed by atoms with van der Waals surface area (Å²) in [6.07, 6.45) is 8.66. The second-order valence-corrected chi connectivity index (χ2v) is 6.19. The van der Waals surface area contributed by atoms with E-state index in [1.54, 1.807) is 0 Å². The number of carbonyl (C=O) groups is 2. The number of halogens is 2. The largest absolute Gasteiger partial charge is 0.356 e. The summed E-state index contributed by atoms with van der Waals surface area (Å²) in [5, 5.41) is 5.40. The Bertz CT molecular complexity index is 644. The maximum atomic E-state index is 13.5.